The zero-order chi connectivity index (χ0) is 13.8. The lowest BCUT2D eigenvalue weighted by atomic mass is 9.94. The lowest BCUT2D eigenvalue weighted by Crippen LogP contribution is -2.35. The van der Waals surface area contributed by atoms with Crippen molar-refractivity contribution >= 4 is 0 Å². The van der Waals surface area contributed by atoms with E-state index < -0.39 is 0 Å². The molecule has 0 atom stereocenters. The third-order valence-electron chi connectivity index (χ3n) is 4.52. The lowest BCUT2D eigenvalue weighted by molar-refractivity contribution is 0.189. The van der Waals surface area contributed by atoms with Crippen LogP contribution in [0.3, 0.4) is 0 Å². The molecule has 2 nitrogen and oxygen atoms in total. The van der Waals surface area contributed by atoms with E-state index in [-0.39, 0.29) is 0 Å². The Kier molecular flexibility index (Phi) is 10.5. The Morgan fingerprint density at radius 2 is 1.58 bits per heavy atom. The maximum atomic E-state index is 3.59. The van der Waals surface area contributed by atoms with Gasteiger partial charge in [0.05, 0.1) is 0 Å². The molecule has 0 spiro atoms. The van der Waals surface area contributed by atoms with Gasteiger partial charge in [-0.15, -0.1) is 0 Å². The minimum absolute atomic E-state index is 0.878. The maximum absolute atomic E-state index is 3.59. The molecule has 19 heavy (non-hydrogen) atoms. The quantitative estimate of drug-likeness (QED) is 0.565. The molecule has 114 valence electrons. The Morgan fingerprint density at radius 3 is 2.32 bits per heavy atom. The van der Waals surface area contributed by atoms with Crippen LogP contribution in [0.2, 0.25) is 0 Å². The highest BCUT2D eigenvalue weighted by Gasteiger charge is 2.16. The molecule has 0 heterocycles. The molecule has 0 aromatic heterocycles. The van der Waals surface area contributed by atoms with Crippen LogP contribution in [0.1, 0.15) is 77.6 Å². The van der Waals surface area contributed by atoms with Crippen LogP contribution in [0.4, 0.5) is 0 Å². The first-order valence-electron chi connectivity index (χ1n) is 8.75. The van der Waals surface area contributed by atoms with Gasteiger partial charge in [0.2, 0.25) is 0 Å². The lowest BCUT2D eigenvalue weighted by Gasteiger charge is -2.31. The van der Waals surface area contributed by atoms with Crippen LogP contribution in [0.25, 0.3) is 0 Å². The summed E-state index contributed by atoms with van der Waals surface area (Å²) in [4.78, 5) is 2.60. The van der Waals surface area contributed by atoms with Gasteiger partial charge in [0.25, 0.3) is 0 Å². The van der Waals surface area contributed by atoms with Crippen LogP contribution in [0, 0.1) is 0 Å². The van der Waals surface area contributed by atoms with Gasteiger partial charge in [-0.3, -0.25) is 0 Å². The van der Waals surface area contributed by atoms with Crippen LogP contribution < -0.4 is 5.32 Å². The molecule has 1 fully saturated rings. The molecule has 0 amide bonds. The van der Waals surface area contributed by atoms with Crippen molar-refractivity contribution in [3.63, 3.8) is 0 Å². The standard InChI is InChI=1S/C17H36N2/c1-3-4-5-6-10-14-18-15-11-16-19(2)17-12-8-7-9-13-17/h17-18H,3-16H2,1-2H3. The smallest absolute Gasteiger partial charge is 0.00922 e. The number of unbranched alkanes of at least 4 members (excludes halogenated alkanes) is 4. The van der Waals surface area contributed by atoms with E-state index in [2.05, 4.69) is 24.2 Å². The van der Waals surface area contributed by atoms with Crippen molar-refractivity contribution in [2.24, 2.45) is 0 Å². The minimum atomic E-state index is 0.878. The predicted octanol–water partition coefficient (Wildman–Crippen LogP) is 4.20. The fourth-order valence-electron chi connectivity index (χ4n) is 3.14. The highest BCUT2D eigenvalue weighted by molar-refractivity contribution is 4.73. The van der Waals surface area contributed by atoms with E-state index in [0.717, 1.165) is 6.04 Å². The molecule has 0 unspecified atom stereocenters. The fraction of sp³-hybridized carbons (Fsp3) is 1.00. The molecule has 0 aromatic carbocycles. The Bertz CT molecular complexity index is 188. The van der Waals surface area contributed by atoms with Gasteiger partial charge in [0.1, 0.15) is 0 Å². The van der Waals surface area contributed by atoms with Gasteiger partial charge in [0, 0.05) is 6.04 Å². The molecule has 1 N–H and O–H groups in total. The first-order valence-corrected chi connectivity index (χ1v) is 8.75. The maximum Gasteiger partial charge on any atom is 0.00922 e. The second kappa shape index (κ2) is 11.7. The third-order valence-corrected chi connectivity index (χ3v) is 4.52. The predicted molar refractivity (Wildman–Crippen MR) is 85.7 cm³/mol. The van der Waals surface area contributed by atoms with Gasteiger partial charge in [-0.2, -0.15) is 0 Å². The summed E-state index contributed by atoms with van der Waals surface area (Å²) in [5.41, 5.74) is 0. The van der Waals surface area contributed by atoms with E-state index in [9.17, 15) is 0 Å². The molecular weight excluding hydrogens is 232 g/mol. The number of hydrogen-bond donors (Lipinski definition) is 1. The average molecular weight is 268 g/mol. The van der Waals surface area contributed by atoms with Crippen molar-refractivity contribution in [2.45, 2.75) is 83.6 Å². The summed E-state index contributed by atoms with van der Waals surface area (Å²) in [7, 11) is 2.32. The number of rotatable bonds is 11. The average Bonchev–Trinajstić information content (AvgIpc) is 2.46. The number of nitrogens with one attached hydrogen (secondary N) is 1. The van der Waals surface area contributed by atoms with Crippen LogP contribution in [0.15, 0.2) is 0 Å². The molecule has 1 saturated carbocycles. The van der Waals surface area contributed by atoms with Crippen molar-refractivity contribution in [2.75, 3.05) is 26.7 Å². The van der Waals surface area contributed by atoms with E-state index in [4.69, 9.17) is 0 Å². The van der Waals surface area contributed by atoms with E-state index in [1.807, 2.05) is 0 Å². The molecule has 0 saturated heterocycles. The topological polar surface area (TPSA) is 15.3 Å². The summed E-state index contributed by atoms with van der Waals surface area (Å²) in [6, 6.07) is 0.878. The van der Waals surface area contributed by atoms with E-state index in [1.54, 1.807) is 0 Å². The molecule has 1 aliphatic rings. The van der Waals surface area contributed by atoms with Gasteiger partial charge in [-0.25, -0.2) is 0 Å². The van der Waals surface area contributed by atoms with Crippen molar-refractivity contribution in [1.29, 1.82) is 0 Å². The molecule has 1 rings (SSSR count). The van der Waals surface area contributed by atoms with Crippen molar-refractivity contribution < 1.29 is 0 Å². The Labute approximate surface area is 121 Å². The van der Waals surface area contributed by atoms with Gasteiger partial charge < -0.3 is 10.2 Å². The Hall–Kier alpha value is -0.0800. The molecule has 0 aromatic rings. The Morgan fingerprint density at radius 1 is 0.895 bits per heavy atom. The summed E-state index contributed by atoms with van der Waals surface area (Å²) >= 11 is 0. The zero-order valence-corrected chi connectivity index (χ0v) is 13.4. The monoisotopic (exact) mass is 268 g/mol. The van der Waals surface area contributed by atoms with Crippen LogP contribution >= 0.6 is 0 Å². The molecule has 0 bridgehead atoms. The van der Waals surface area contributed by atoms with Crippen LogP contribution in [0.5, 0.6) is 0 Å². The van der Waals surface area contributed by atoms with Crippen molar-refractivity contribution in [3.05, 3.63) is 0 Å². The highest BCUT2D eigenvalue weighted by atomic mass is 15.1. The SMILES string of the molecule is CCCCCCCNCCCN(C)C1CCCCC1. The van der Waals surface area contributed by atoms with Crippen molar-refractivity contribution in [1.82, 2.24) is 10.2 Å². The van der Waals surface area contributed by atoms with Gasteiger partial charge in [0.15, 0.2) is 0 Å². The molecule has 0 aliphatic heterocycles. The first kappa shape index (κ1) is 17.0. The summed E-state index contributed by atoms with van der Waals surface area (Å²) in [5.74, 6) is 0. The van der Waals surface area contributed by atoms with E-state index in [1.165, 1.54) is 90.3 Å². The number of hydrogen-bond acceptors (Lipinski definition) is 2. The van der Waals surface area contributed by atoms with Gasteiger partial charge >= 0.3 is 0 Å². The second-order valence-corrected chi connectivity index (χ2v) is 6.29. The molecule has 1 aliphatic carbocycles. The molecule has 2 heteroatoms. The summed E-state index contributed by atoms with van der Waals surface area (Å²) in [6.45, 7) is 5.97. The Balaban J connectivity index is 1.84. The van der Waals surface area contributed by atoms with Gasteiger partial charge in [-0.1, -0.05) is 51.9 Å². The second-order valence-electron chi connectivity index (χ2n) is 6.29. The molecule has 0 radical (unpaired) electrons. The first-order chi connectivity index (χ1) is 9.34. The normalized spacial score (nSPS) is 17.2. The fourth-order valence-corrected chi connectivity index (χ4v) is 3.14. The highest BCUT2D eigenvalue weighted by Crippen LogP contribution is 2.21. The largest absolute Gasteiger partial charge is 0.317 e. The third kappa shape index (κ3) is 8.65. The zero-order valence-electron chi connectivity index (χ0n) is 13.4. The van der Waals surface area contributed by atoms with Crippen molar-refractivity contribution in [3.8, 4) is 0 Å². The van der Waals surface area contributed by atoms with Gasteiger partial charge in [-0.05, 0) is 52.4 Å². The molecular formula is C17H36N2. The summed E-state index contributed by atoms with van der Waals surface area (Å²) < 4.78 is 0. The summed E-state index contributed by atoms with van der Waals surface area (Å²) in [5, 5.41) is 3.59. The van der Waals surface area contributed by atoms with Crippen LogP contribution in [-0.2, 0) is 0 Å². The summed E-state index contributed by atoms with van der Waals surface area (Å²) in [6.07, 6.45) is 15.5. The number of nitrogens with zero attached hydrogens (tertiary/aromatic N) is 1. The minimum Gasteiger partial charge on any atom is -0.317 e. The van der Waals surface area contributed by atoms with E-state index in [0.29, 0.717) is 0 Å². The van der Waals surface area contributed by atoms with E-state index >= 15 is 0 Å². The van der Waals surface area contributed by atoms with Crippen LogP contribution in [-0.4, -0.2) is 37.6 Å².